The Kier molecular flexibility index (Phi) is 2.84. The van der Waals surface area contributed by atoms with Gasteiger partial charge in [0.15, 0.2) is 0 Å². The molecule has 1 aromatic carbocycles. The average Bonchev–Trinajstić information content (AvgIpc) is 2.32. The Morgan fingerprint density at radius 2 is 1.94 bits per heavy atom. The lowest BCUT2D eigenvalue weighted by atomic mass is 10.1. The molecule has 0 saturated carbocycles. The lowest BCUT2D eigenvalue weighted by Crippen LogP contribution is -1.95. The van der Waals surface area contributed by atoms with E-state index in [4.69, 9.17) is 5.26 Å². The van der Waals surface area contributed by atoms with Gasteiger partial charge in [0, 0.05) is 11.6 Å². The third kappa shape index (κ3) is 2.28. The van der Waals surface area contributed by atoms with Crippen LogP contribution in [0.5, 0.6) is 0 Å². The largest absolute Gasteiger partial charge is 0.233 e. The van der Waals surface area contributed by atoms with Crippen molar-refractivity contribution >= 4 is 0 Å². The Hall–Kier alpha value is -2.28. The third-order valence-electron chi connectivity index (χ3n) is 2.42. The number of nitriles is 1. The Morgan fingerprint density at radius 3 is 2.59 bits per heavy atom. The van der Waals surface area contributed by atoms with Crippen molar-refractivity contribution in [1.82, 2.24) is 9.97 Å². The van der Waals surface area contributed by atoms with Gasteiger partial charge in [0.2, 0.25) is 0 Å². The summed E-state index contributed by atoms with van der Waals surface area (Å²) in [4.78, 5) is 8.15. The summed E-state index contributed by atoms with van der Waals surface area (Å²) in [5, 5.41) is 8.82. The van der Waals surface area contributed by atoms with Crippen molar-refractivity contribution < 1.29 is 4.39 Å². The molecule has 1 aromatic heterocycles. The minimum atomic E-state index is -0.280. The van der Waals surface area contributed by atoms with Gasteiger partial charge in [-0.15, -0.1) is 0 Å². The zero-order valence-corrected chi connectivity index (χ0v) is 9.53. The maximum absolute atomic E-state index is 13.4. The Labute approximate surface area is 98.6 Å². The first-order chi connectivity index (χ1) is 8.10. The molecule has 0 saturated heterocycles. The van der Waals surface area contributed by atoms with Crippen molar-refractivity contribution in [1.29, 1.82) is 5.26 Å². The molecule has 0 radical (unpaired) electrons. The van der Waals surface area contributed by atoms with Crippen LogP contribution in [-0.2, 0) is 0 Å². The van der Waals surface area contributed by atoms with E-state index in [1.54, 1.807) is 32.0 Å². The highest BCUT2D eigenvalue weighted by atomic mass is 19.1. The Bertz CT molecular complexity index is 615. The van der Waals surface area contributed by atoms with Gasteiger partial charge in [-0.3, -0.25) is 0 Å². The SMILES string of the molecule is Cc1nc(C#N)cc(-c2ccc(C)c(F)c2)n1. The average molecular weight is 227 g/mol. The predicted octanol–water partition coefficient (Wildman–Crippen LogP) is 2.77. The molecule has 0 aliphatic rings. The Morgan fingerprint density at radius 1 is 1.18 bits per heavy atom. The van der Waals surface area contributed by atoms with E-state index < -0.39 is 0 Å². The number of aryl methyl sites for hydroxylation is 2. The molecular formula is C13H10FN3. The zero-order valence-electron chi connectivity index (χ0n) is 9.53. The van der Waals surface area contributed by atoms with E-state index in [1.807, 2.05) is 6.07 Å². The molecule has 17 heavy (non-hydrogen) atoms. The van der Waals surface area contributed by atoms with Crippen molar-refractivity contribution in [3.05, 3.63) is 47.2 Å². The molecule has 4 heteroatoms. The second-order valence-electron chi connectivity index (χ2n) is 3.76. The summed E-state index contributed by atoms with van der Waals surface area (Å²) in [6.07, 6.45) is 0. The topological polar surface area (TPSA) is 49.6 Å². The fourth-order valence-electron chi connectivity index (χ4n) is 1.53. The summed E-state index contributed by atoms with van der Waals surface area (Å²) < 4.78 is 13.4. The van der Waals surface area contributed by atoms with E-state index in [1.165, 1.54) is 6.07 Å². The van der Waals surface area contributed by atoms with Gasteiger partial charge < -0.3 is 0 Å². The highest BCUT2D eigenvalue weighted by Gasteiger charge is 2.06. The molecule has 2 aromatic rings. The van der Waals surface area contributed by atoms with Crippen molar-refractivity contribution in [3.63, 3.8) is 0 Å². The van der Waals surface area contributed by atoms with Crippen molar-refractivity contribution in [3.8, 4) is 17.3 Å². The van der Waals surface area contributed by atoms with Crippen LogP contribution >= 0.6 is 0 Å². The van der Waals surface area contributed by atoms with Crippen molar-refractivity contribution in [2.75, 3.05) is 0 Å². The van der Waals surface area contributed by atoms with Gasteiger partial charge in [-0.2, -0.15) is 5.26 Å². The summed E-state index contributed by atoms with van der Waals surface area (Å²) in [7, 11) is 0. The third-order valence-corrected chi connectivity index (χ3v) is 2.42. The van der Waals surface area contributed by atoms with E-state index in [-0.39, 0.29) is 11.5 Å². The number of nitrogens with zero attached hydrogens (tertiary/aromatic N) is 3. The van der Waals surface area contributed by atoms with Gasteiger partial charge in [0.25, 0.3) is 0 Å². The van der Waals surface area contributed by atoms with Gasteiger partial charge in [0.1, 0.15) is 23.4 Å². The van der Waals surface area contributed by atoms with Crippen LogP contribution in [0, 0.1) is 31.0 Å². The Balaban J connectivity index is 2.56. The van der Waals surface area contributed by atoms with Gasteiger partial charge in [-0.25, -0.2) is 14.4 Å². The van der Waals surface area contributed by atoms with Crippen LogP contribution in [0.2, 0.25) is 0 Å². The molecule has 0 bridgehead atoms. The van der Waals surface area contributed by atoms with Crippen LogP contribution in [0.15, 0.2) is 24.3 Å². The molecule has 0 unspecified atom stereocenters. The summed E-state index contributed by atoms with van der Waals surface area (Å²) in [5.74, 6) is 0.220. The number of hydrogen-bond acceptors (Lipinski definition) is 3. The first-order valence-corrected chi connectivity index (χ1v) is 5.12. The van der Waals surface area contributed by atoms with Gasteiger partial charge in [-0.05, 0) is 25.5 Å². The number of rotatable bonds is 1. The van der Waals surface area contributed by atoms with Gasteiger partial charge in [-0.1, -0.05) is 12.1 Å². The van der Waals surface area contributed by atoms with E-state index >= 15 is 0 Å². The number of benzene rings is 1. The van der Waals surface area contributed by atoms with Crippen LogP contribution in [0.4, 0.5) is 4.39 Å². The fraction of sp³-hybridized carbons (Fsp3) is 0.154. The predicted molar refractivity (Wildman–Crippen MR) is 61.6 cm³/mol. The number of halogens is 1. The molecular weight excluding hydrogens is 217 g/mol. The highest BCUT2D eigenvalue weighted by molar-refractivity contribution is 5.60. The van der Waals surface area contributed by atoms with Crippen LogP contribution in [0.25, 0.3) is 11.3 Å². The van der Waals surface area contributed by atoms with E-state index in [2.05, 4.69) is 9.97 Å². The monoisotopic (exact) mass is 227 g/mol. The molecule has 84 valence electrons. The minimum absolute atomic E-state index is 0.280. The second kappa shape index (κ2) is 4.30. The maximum Gasteiger partial charge on any atom is 0.144 e. The standard InChI is InChI=1S/C13H10FN3/c1-8-3-4-10(5-12(8)14)13-6-11(7-15)16-9(2)17-13/h3-6H,1-2H3. The zero-order chi connectivity index (χ0) is 12.4. The lowest BCUT2D eigenvalue weighted by molar-refractivity contribution is 0.619. The smallest absolute Gasteiger partial charge is 0.144 e. The molecule has 0 aliphatic carbocycles. The molecule has 0 fully saturated rings. The summed E-state index contributed by atoms with van der Waals surface area (Å²) in [6, 6.07) is 8.39. The first-order valence-electron chi connectivity index (χ1n) is 5.12. The second-order valence-corrected chi connectivity index (χ2v) is 3.76. The van der Waals surface area contributed by atoms with Gasteiger partial charge >= 0.3 is 0 Å². The molecule has 2 rings (SSSR count). The summed E-state index contributed by atoms with van der Waals surface area (Å²) in [6.45, 7) is 3.40. The summed E-state index contributed by atoms with van der Waals surface area (Å²) >= 11 is 0. The van der Waals surface area contributed by atoms with E-state index in [0.717, 1.165) is 0 Å². The van der Waals surface area contributed by atoms with Crippen LogP contribution in [0.3, 0.4) is 0 Å². The normalized spacial score (nSPS) is 10.0. The van der Waals surface area contributed by atoms with Crippen LogP contribution in [-0.4, -0.2) is 9.97 Å². The number of hydrogen-bond donors (Lipinski definition) is 0. The molecule has 0 amide bonds. The molecule has 0 N–H and O–H groups in total. The quantitative estimate of drug-likeness (QED) is 0.752. The van der Waals surface area contributed by atoms with E-state index in [9.17, 15) is 4.39 Å². The minimum Gasteiger partial charge on any atom is -0.233 e. The molecule has 0 aliphatic heterocycles. The van der Waals surface area contributed by atoms with Crippen molar-refractivity contribution in [2.24, 2.45) is 0 Å². The number of aromatic nitrogens is 2. The van der Waals surface area contributed by atoms with Crippen LogP contribution in [0.1, 0.15) is 17.1 Å². The molecule has 0 spiro atoms. The fourth-order valence-corrected chi connectivity index (χ4v) is 1.53. The van der Waals surface area contributed by atoms with Crippen molar-refractivity contribution in [2.45, 2.75) is 13.8 Å². The molecule has 1 heterocycles. The first kappa shape index (κ1) is 11.2. The molecule has 0 atom stereocenters. The summed E-state index contributed by atoms with van der Waals surface area (Å²) in [5.41, 5.74) is 2.08. The van der Waals surface area contributed by atoms with Crippen LogP contribution < -0.4 is 0 Å². The van der Waals surface area contributed by atoms with Gasteiger partial charge in [0.05, 0.1) is 5.69 Å². The maximum atomic E-state index is 13.4. The molecule has 3 nitrogen and oxygen atoms in total. The highest BCUT2D eigenvalue weighted by Crippen LogP contribution is 2.20. The van der Waals surface area contributed by atoms with E-state index in [0.29, 0.717) is 22.6 Å². The lowest BCUT2D eigenvalue weighted by Gasteiger charge is -2.04.